The van der Waals surface area contributed by atoms with Crippen LogP contribution in [-0.2, 0) is 0 Å². The molecule has 126 valence electrons. The normalized spacial score (nSPS) is 19.3. The molecule has 21 heavy (non-hydrogen) atoms. The molecule has 1 heterocycles. The van der Waals surface area contributed by atoms with Crippen molar-refractivity contribution in [3.05, 3.63) is 0 Å². The average Bonchev–Trinajstić information content (AvgIpc) is 2.40. The van der Waals surface area contributed by atoms with Crippen molar-refractivity contribution in [3.8, 4) is 0 Å². The maximum absolute atomic E-state index is 5.63. The smallest absolute Gasteiger partial charge is 0.0533 e. The maximum atomic E-state index is 5.63. The molecule has 0 aliphatic carbocycles. The van der Waals surface area contributed by atoms with Gasteiger partial charge in [0.1, 0.15) is 0 Å². The summed E-state index contributed by atoms with van der Waals surface area (Å²) in [4.78, 5) is 6.96. The number of nitrogens with zero attached hydrogens (tertiary/aromatic N) is 3. The van der Waals surface area contributed by atoms with E-state index >= 15 is 0 Å². The number of nitrogens with two attached hydrogens (primary N) is 6. The lowest BCUT2D eigenvalue weighted by Crippen LogP contribution is -2.57. The predicted octanol–water partition coefficient (Wildman–Crippen LogP) is -3.32. The van der Waals surface area contributed by atoms with Crippen molar-refractivity contribution in [1.29, 1.82) is 0 Å². The third-order valence-corrected chi connectivity index (χ3v) is 3.54. The minimum atomic E-state index is -0.274. The van der Waals surface area contributed by atoms with Crippen LogP contribution in [0.15, 0.2) is 0 Å². The van der Waals surface area contributed by atoms with Gasteiger partial charge in [-0.15, -0.1) is 0 Å². The largest absolute Gasteiger partial charge is 0.316 e. The molecule has 0 bridgehead atoms. The van der Waals surface area contributed by atoms with Crippen LogP contribution < -0.4 is 34.4 Å². The van der Waals surface area contributed by atoms with Crippen LogP contribution in [0.5, 0.6) is 0 Å². The lowest BCUT2D eigenvalue weighted by molar-refractivity contribution is -0.0322. The summed E-state index contributed by atoms with van der Waals surface area (Å²) in [7, 11) is 0. The predicted molar refractivity (Wildman–Crippen MR) is 85.1 cm³/mol. The van der Waals surface area contributed by atoms with Gasteiger partial charge in [-0.25, -0.2) is 0 Å². The van der Waals surface area contributed by atoms with E-state index in [0.717, 1.165) is 58.9 Å². The van der Waals surface area contributed by atoms with E-state index < -0.39 is 0 Å². The molecule has 12 N–H and O–H groups in total. The molecule has 0 atom stereocenters. The van der Waals surface area contributed by atoms with E-state index in [1.807, 2.05) is 0 Å². The first-order valence-corrected chi connectivity index (χ1v) is 7.57. The van der Waals surface area contributed by atoms with Crippen LogP contribution in [0.3, 0.4) is 0 Å². The summed E-state index contributed by atoms with van der Waals surface area (Å²) in [5.41, 5.74) is 33.8. The zero-order chi connectivity index (χ0) is 15.8. The van der Waals surface area contributed by atoms with Crippen molar-refractivity contribution >= 4 is 0 Å². The molecule has 0 radical (unpaired) electrons. The first kappa shape index (κ1) is 18.7. The van der Waals surface area contributed by atoms with E-state index in [4.69, 9.17) is 34.4 Å². The van der Waals surface area contributed by atoms with E-state index in [-0.39, 0.29) is 18.5 Å². The van der Waals surface area contributed by atoms with Gasteiger partial charge >= 0.3 is 0 Å². The van der Waals surface area contributed by atoms with Crippen LogP contribution in [-0.4, -0.2) is 72.8 Å². The van der Waals surface area contributed by atoms with Crippen molar-refractivity contribution in [2.75, 3.05) is 39.6 Å². The fourth-order valence-corrected chi connectivity index (χ4v) is 2.40. The van der Waals surface area contributed by atoms with E-state index in [1.54, 1.807) is 0 Å². The Morgan fingerprint density at radius 2 is 0.762 bits per heavy atom. The van der Waals surface area contributed by atoms with Gasteiger partial charge in [0, 0.05) is 19.6 Å². The molecule has 0 unspecified atom stereocenters. The first-order chi connectivity index (χ1) is 9.86. The second-order valence-corrected chi connectivity index (χ2v) is 5.97. The molecule has 0 saturated carbocycles. The molecule has 9 heteroatoms. The van der Waals surface area contributed by atoms with Gasteiger partial charge in [0.25, 0.3) is 0 Å². The van der Waals surface area contributed by atoms with Crippen molar-refractivity contribution in [1.82, 2.24) is 14.7 Å². The second kappa shape index (κ2) is 9.62. The highest BCUT2D eigenvalue weighted by Crippen LogP contribution is 2.09. The fourth-order valence-electron chi connectivity index (χ4n) is 2.40. The van der Waals surface area contributed by atoms with Gasteiger partial charge in [0.2, 0.25) is 0 Å². The third kappa shape index (κ3) is 8.61. The van der Waals surface area contributed by atoms with Gasteiger partial charge in [0.05, 0.1) is 38.5 Å². The standard InChI is InChI=1S/C12H33N9/c13-10(14)1-4-19-7-20(5-2-11(15)16)9-21(8-19)6-3-12(17)18/h10-12H,1-9,13-18H2. The molecule has 0 aromatic rings. The molecular formula is C12H33N9. The summed E-state index contributed by atoms with van der Waals surface area (Å²) in [6.45, 7) is 5.25. The Balaban J connectivity index is 2.46. The van der Waals surface area contributed by atoms with Crippen molar-refractivity contribution in [2.24, 2.45) is 34.4 Å². The van der Waals surface area contributed by atoms with Crippen LogP contribution in [0.1, 0.15) is 19.3 Å². The minimum absolute atomic E-state index is 0.274. The molecule has 1 rings (SSSR count). The molecule has 1 fully saturated rings. The van der Waals surface area contributed by atoms with E-state index in [1.165, 1.54) is 0 Å². The topological polar surface area (TPSA) is 166 Å². The lowest BCUT2D eigenvalue weighted by atomic mass is 10.3. The summed E-state index contributed by atoms with van der Waals surface area (Å²) in [6.07, 6.45) is 1.49. The molecule has 0 amide bonds. The molecule has 1 saturated heterocycles. The van der Waals surface area contributed by atoms with E-state index in [0.29, 0.717) is 0 Å². The quantitative estimate of drug-likeness (QED) is 0.239. The van der Waals surface area contributed by atoms with Crippen molar-refractivity contribution < 1.29 is 0 Å². The Bertz CT molecular complexity index is 223. The van der Waals surface area contributed by atoms with Gasteiger partial charge in [-0.2, -0.15) is 0 Å². The Morgan fingerprint density at radius 1 is 0.524 bits per heavy atom. The van der Waals surface area contributed by atoms with E-state index in [2.05, 4.69) is 14.7 Å². The molecule has 0 spiro atoms. The Morgan fingerprint density at radius 3 is 0.952 bits per heavy atom. The molecule has 1 aliphatic rings. The highest BCUT2D eigenvalue weighted by atomic mass is 15.5. The lowest BCUT2D eigenvalue weighted by Gasteiger charge is -2.43. The Kier molecular flexibility index (Phi) is 8.56. The zero-order valence-electron chi connectivity index (χ0n) is 12.9. The van der Waals surface area contributed by atoms with Gasteiger partial charge in [-0.1, -0.05) is 0 Å². The van der Waals surface area contributed by atoms with Crippen molar-refractivity contribution in [3.63, 3.8) is 0 Å². The monoisotopic (exact) mass is 303 g/mol. The van der Waals surface area contributed by atoms with Gasteiger partial charge in [-0.05, 0) is 19.3 Å². The molecule has 1 aliphatic heterocycles. The molecule has 0 aromatic heterocycles. The number of rotatable bonds is 9. The summed E-state index contributed by atoms with van der Waals surface area (Å²) < 4.78 is 0. The maximum Gasteiger partial charge on any atom is 0.0533 e. The van der Waals surface area contributed by atoms with Crippen molar-refractivity contribution in [2.45, 2.75) is 37.8 Å². The average molecular weight is 303 g/mol. The summed E-state index contributed by atoms with van der Waals surface area (Å²) in [6, 6.07) is 0. The molecular weight excluding hydrogens is 270 g/mol. The molecule has 0 aromatic carbocycles. The van der Waals surface area contributed by atoms with Gasteiger partial charge in [-0.3, -0.25) is 14.7 Å². The zero-order valence-corrected chi connectivity index (χ0v) is 12.9. The number of hydrogen-bond donors (Lipinski definition) is 6. The van der Waals surface area contributed by atoms with E-state index in [9.17, 15) is 0 Å². The minimum Gasteiger partial charge on any atom is -0.316 e. The van der Waals surface area contributed by atoms with Crippen LogP contribution in [0.25, 0.3) is 0 Å². The Hall–Kier alpha value is -0.360. The van der Waals surface area contributed by atoms with Gasteiger partial charge < -0.3 is 34.4 Å². The molecule has 9 nitrogen and oxygen atoms in total. The van der Waals surface area contributed by atoms with Gasteiger partial charge in [0.15, 0.2) is 0 Å². The van der Waals surface area contributed by atoms with Crippen LogP contribution >= 0.6 is 0 Å². The van der Waals surface area contributed by atoms with Crippen LogP contribution in [0.4, 0.5) is 0 Å². The third-order valence-electron chi connectivity index (χ3n) is 3.54. The van der Waals surface area contributed by atoms with Crippen LogP contribution in [0.2, 0.25) is 0 Å². The summed E-state index contributed by atoms with van der Waals surface area (Å²) >= 11 is 0. The Labute approximate surface area is 127 Å². The first-order valence-electron chi connectivity index (χ1n) is 7.57. The van der Waals surface area contributed by atoms with Crippen LogP contribution in [0, 0.1) is 0 Å². The second-order valence-electron chi connectivity index (χ2n) is 5.97. The SMILES string of the molecule is NC(N)CCN1CN(CCC(N)N)CN(CCC(N)N)C1. The summed E-state index contributed by atoms with van der Waals surface area (Å²) in [5.74, 6) is 0. The fraction of sp³-hybridized carbons (Fsp3) is 1.00. The summed E-state index contributed by atoms with van der Waals surface area (Å²) in [5, 5.41) is 0. The highest BCUT2D eigenvalue weighted by Gasteiger charge is 2.23. The highest BCUT2D eigenvalue weighted by molar-refractivity contribution is 4.72. The number of hydrogen-bond acceptors (Lipinski definition) is 9.